The van der Waals surface area contributed by atoms with Gasteiger partial charge in [0.05, 0.1) is 27.7 Å². The SMILES string of the molecule is Cc1cc(C(=O)N[C@H]2CCCCCC=C[C@@H]3C[C@@]3(C(=O)NS(=O)(=O)C3CC3)NC(=O)[C@@H]3C[C@@H](Oc4nc5ccccc5nc4-c4cc5ccccc5s4)CN3C2=O)nn1C. The number of allylic oxidation sites excluding steroid dienone is 1. The summed E-state index contributed by atoms with van der Waals surface area (Å²) in [6, 6.07) is 17.0. The van der Waals surface area contributed by atoms with Crippen molar-refractivity contribution in [2.24, 2.45) is 13.0 Å². The topological polar surface area (TPSA) is 195 Å². The molecule has 3 N–H and O–H groups in total. The van der Waals surface area contributed by atoms with Crippen molar-refractivity contribution >= 4 is 66.1 Å². The van der Waals surface area contributed by atoms with E-state index in [1.54, 1.807) is 29.1 Å². The number of nitrogens with zero attached hydrogens (tertiary/aromatic N) is 5. The molecule has 5 heterocycles. The molecule has 15 nitrogen and oxygen atoms in total. The van der Waals surface area contributed by atoms with Crippen LogP contribution in [0.4, 0.5) is 0 Å². The highest BCUT2D eigenvalue weighted by Gasteiger charge is 2.62. The molecule has 0 spiro atoms. The lowest BCUT2D eigenvalue weighted by Crippen LogP contribution is -2.58. The highest BCUT2D eigenvalue weighted by Crippen LogP contribution is 2.46. The molecule has 312 valence electrons. The van der Waals surface area contributed by atoms with Gasteiger partial charge in [0, 0.05) is 29.8 Å². The zero-order valence-electron chi connectivity index (χ0n) is 33.3. The minimum atomic E-state index is -3.91. The van der Waals surface area contributed by atoms with Crippen molar-refractivity contribution in [3.63, 3.8) is 0 Å². The lowest BCUT2D eigenvalue weighted by atomic mass is 10.0. The first-order valence-corrected chi connectivity index (χ1v) is 22.8. The van der Waals surface area contributed by atoms with Gasteiger partial charge in [0.2, 0.25) is 27.7 Å². The molecule has 0 bridgehead atoms. The Hall–Kier alpha value is -5.68. The van der Waals surface area contributed by atoms with Crippen molar-refractivity contribution in [2.75, 3.05) is 6.54 Å². The van der Waals surface area contributed by atoms with E-state index in [0.29, 0.717) is 48.8 Å². The van der Waals surface area contributed by atoms with Crippen LogP contribution >= 0.6 is 11.3 Å². The normalized spacial score (nSPS) is 24.9. The van der Waals surface area contributed by atoms with E-state index in [4.69, 9.17) is 14.7 Å². The molecule has 3 fully saturated rings. The third-order valence-corrected chi connectivity index (χ3v) is 14.9. The first-order valence-electron chi connectivity index (χ1n) is 20.5. The van der Waals surface area contributed by atoms with Crippen LogP contribution in [0, 0.1) is 12.8 Å². The van der Waals surface area contributed by atoms with Crippen LogP contribution in [0.25, 0.3) is 31.7 Å². The zero-order chi connectivity index (χ0) is 41.8. The van der Waals surface area contributed by atoms with Gasteiger partial charge in [0.15, 0.2) is 0 Å². The number of aryl methyl sites for hydroxylation is 2. The van der Waals surface area contributed by atoms with E-state index in [-0.39, 0.29) is 31.0 Å². The maximum atomic E-state index is 14.8. The van der Waals surface area contributed by atoms with E-state index in [1.165, 1.54) is 4.90 Å². The van der Waals surface area contributed by atoms with Gasteiger partial charge in [0.1, 0.15) is 35.1 Å². The maximum Gasteiger partial charge on any atom is 0.272 e. The molecule has 0 radical (unpaired) electrons. The van der Waals surface area contributed by atoms with Crippen LogP contribution in [0.1, 0.15) is 74.0 Å². The molecule has 3 aromatic heterocycles. The van der Waals surface area contributed by atoms with E-state index in [2.05, 4.69) is 20.5 Å². The predicted octanol–water partition coefficient (Wildman–Crippen LogP) is 4.70. The number of hydrogen-bond donors (Lipinski definition) is 3. The smallest absolute Gasteiger partial charge is 0.272 e. The van der Waals surface area contributed by atoms with Crippen LogP contribution in [0.5, 0.6) is 5.88 Å². The second-order valence-corrected chi connectivity index (χ2v) is 19.4. The molecule has 5 aromatic rings. The maximum absolute atomic E-state index is 14.8. The van der Waals surface area contributed by atoms with Crippen LogP contribution in [0.2, 0.25) is 0 Å². The molecule has 1 saturated heterocycles. The first-order chi connectivity index (χ1) is 28.9. The van der Waals surface area contributed by atoms with E-state index in [1.807, 2.05) is 73.7 Å². The molecule has 2 aromatic carbocycles. The summed E-state index contributed by atoms with van der Waals surface area (Å²) in [5.41, 5.74) is 1.21. The fourth-order valence-corrected chi connectivity index (χ4v) is 10.6. The number of thiophene rings is 1. The van der Waals surface area contributed by atoms with Gasteiger partial charge in [-0.1, -0.05) is 55.3 Å². The third-order valence-electron chi connectivity index (χ3n) is 12.0. The molecular formula is C43H46N8O7S2. The molecule has 4 aliphatic rings. The van der Waals surface area contributed by atoms with Gasteiger partial charge >= 0.3 is 0 Å². The van der Waals surface area contributed by atoms with E-state index in [0.717, 1.165) is 33.5 Å². The summed E-state index contributed by atoms with van der Waals surface area (Å²) in [5.74, 6) is -2.61. The highest BCUT2D eigenvalue weighted by atomic mass is 32.2. The highest BCUT2D eigenvalue weighted by molar-refractivity contribution is 7.91. The van der Waals surface area contributed by atoms with Gasteiger partial charge in [-0.05, 0) is 81.2 Å². The Balaban J connectivity index is 1.06. The fraction of sp³-hybridized carbons (Fsp3) is 0.419. The average molecular weight is 851 g/mol. The Morgan fingerprint density at radius 1 is 0.983 bits per heavy atom. The Morgan fingerprint density at radius 2 is 1.75 bits per heavy atom. The van der Waals surface area contributed by atoms with Crippen molar-refractivity contribution in [3.05, 3.63) is 84.2 Å². The summed E-state index contributed by atoms with van der Waals surface area (Å²) in [4.78, 5) is 69.1. The number of carbonyl (C=O) groups excluding carboxylic acids is 4. The molecule has 2 saturated carbocycles. The van der Waals surface area contributed by atoms with Crippen LogP contribution in [-0.4, -0.2) is 92.2 Å². The molecule has 2 aliphatic heterocycles. The lowest BCUT2D eigenvalue weighted by Gasteiger charge is -2.29. The number of aromatic nitrogens is 4. The monoisotopic (exact) mass is 850 g/mol. The van der Waals surface area contributed by atoms with Crippen molar-refractivity contribution in [3.8, 4) is 16.5 Å². The second kappa shape index (κ2) is 15.7. The standard InChI is InChI=1S/C43H46N8O7S2/c1-25-20-33(48-50(25)2)38(52)45-32-16-7-5-3-4-6-13-27-23-43(27,42(55)49-60(56,57)29-18-19-29)47-39(53)34-22-28(24-51(34)41(32)54)58-40-37(44-30-14-9-10-15-31(30)46-40)36-21-26-12-8-11-17-35(26)59-36/h6,8-15,17,20-21,27-29,32,34H,3-5,7,16,18-19,22-24H2,1-2H3,(H,45,52)(H,47,53)(H,49,55)/t27-,28-,32+,34+,43-/m1/s1. The summed E-state index contributed by atoms with van der Waals surface area (Å²) in [6.45, 7) is 1.79. The number of fused-ring (bicyclic) bond motifs is 4. The third kappa shape index (κ3) is 7.87. The van der Waals surface area contributed by atoms with Crippen LogP contribution in [-0.2, 0) is 31.5 Å². The zero-order valence-corrected chi connectivity index (χ0v) is 34.9. The van der Waals surface area contributed by atoms with Gasteiger partial charge in [0.25, 0.3) is 11.8 Å². The molecular weight excluding hydrogens is 805 g/mol. The van der Waals surface area contributed by atoms with E-state index >= 15 is 0 Å². The summed E-state index contributed by atoms with van der Waals surface area (Å²) < 4.78 is 37.5. The summed E-state index contributed by atoms with van der Waals surface area (Å²) in [6.07, 6.45) is 7.42. The minimum absolute atomic E-state index is 0.0244. The van der Waals surface area contributed by atoms with Gasteiger partial charge in [-0.25, -0.2) is 18.4 Å². The van der Waals surface area contributed by atoms with E-state index in [9.17, 15) is 27.6 Å². The Kier molecular flexibility index (Phi) is 10.4. The molecule has 2 aliphatic carbocycles. The van der Waals surface area contributed by atoms with E-state index < -0.39 is 68.5 Å². The fourth-order valence-electron chi connectivity index (χ4n) is 8.23. The number of benzene rings is 2. The number of carbonyl (C=O) groups is 4. The number of sulfonamides is 1. The van der Waals surface area contributed by atoms with Gasteiger partial charge in [-0.15, -0.1) is 11.3 Å². The molecule has 5 atom stereocenters. The average Bonchev–Trinajstić information content (AvgIpc) is 4.07. The summed E-state index contributed by atoms with van der Waals surface area (Å²) in [7, 11) is -2.18. The van der Waals surface area contributed by atoms with Gasteiger partial charge < -0.3 is 20.3 Å². The minimum Gasteiger partial charge on any atom is -0.471 e. The van der Waals surface area contributed by atoms with Crippen LogP contribution in [0.3, 0.4) is 0 Å². The number of para-hydroxylation sites is 2. The van der Waals surface area contributed by atoms with Gasteiger partial charge in [-0.2, -0.15) is 5.10 Å². The Morgan fingerprint density at radius 3 is 2.50 bits per heavy atom. The van der Waals surface area contributed by atoms with Crippen LogP contribution < -0.4 is 20.1 Å². The number of nitrogens with one attached hydrogen (secondary N) is 3. The molecule has 17 heteroatoms. The molecule has 9 rings (SSSR count). The quantitative estimate of drug-likeness (QED) is 0.184. The number of rotatable bonds is 8. The number of amides is 4. The number of hydrogen-bond acceptors (Lipinski definition) is 11. The van der Waals surface area contributed by atoms with Crippen molar-refractivity contribution in [1.29, 1.82) is 0 Å². The molecule has 60 heavy (non-hydrogen) atoms. The Labute approximate surface area is 351 Å². The lowest BCUT2D eigenvalue weighted by molar-refractivity contribution is -0.141. The van der Waals surface area contributed by atoms with Crippen molar-refractivity contribution in [1.82, 2.24) is 40.0 Å². The predicted molar refractivity (Wildman–Crippen MR) is 225 cm³/mol. The second-order valence-electron chi connectivity index (χ2n) is 16.3. The molecule has 0 unspecified atom stereocenters. The van der Waals surface area contributed by atoms with Crippen molar-refractivity contribution < 1.29 is 32.3 Å². The Bertz CT molecular complexity index is 2620. The van der Waals surface area contributed by atoms with Crippen LogP contribution in [0.15, 0.2) is 72.8 Å². The van der Waals surface area contributed by atoms with Gasteiger partial charge in [-0.3, -0.25) is 28.6 Å². The summed E-state index contributed by atoms with van der Waals surface area (Å²) >= 11 is 1.55. The largest absolute Gasteiger partial charge is 0.471 e. The van der Waals surface area contributed by atoms with Crippen molar-refractivity contribution in [2.45, 2.75) is 93.7 Å². The first kappa shape index (κ1) is 39.8. The number of ether oxygens (including phenoxy) is 1. The summed E-state index contributed by atoms with van der Waals surface area (Å²) in [5, 5.41) is 10.6. The molecule has 4 amide bonds.